The van der Waals surface area contributed by atoms with E-state index in [1.807, 2.05) is 36.4 Å². The van der Waals surface area contributed by atoms with E-state index in [4.69, 9.17) is 4.74 Å². The van der Waals surface area contributed by atoms with E-state index in [0.29, 0.717) is 12.2 Å². The van der Waals surface area contributed by atoms with E-state index in [-0.39, 0.29) is 24.8 Å². The van der Waals surface area contributed by atoms with Gasteiger partial charge < -0.3 is 20.6 Å². The van der Waals surface area contributed by atoms with E-state index >= 15 is 0 Å². The van der Waals surface area contributed by atoms with Gasteiger partial charge in [-0.25, -0.2) is 8.78 Å². The summed E-state index contributed by atoms with van der Waals surface area (Å²) < 4.78 is 32.7. The number of aliphatic hydroxyl groups is 1. The van der Waals surface area contributed by atoms with Crippen molar-refractivity contribution in [3.8, 4) is 5.75 Å². The maximum atomic E-state index is 14.0. The topological polar surface area (TPSA) is 56.8 Å². The Balaban J connectivity index is 1.78. The highest BCUT2D eigenvalue weighted by atomic mass is 19.1. The molecule has 0 radical (unpaired) electrons. The van der Waals surface area contributed by atoms with Gasteiger partial charge in [0, 0.05) is 18.4 Å². The second kappa shape index (κ2) is 9.23. The molecule has 0 aromatic heterocycles. The SMILES string of the molecule is COc1ccc(C(CCO)NC2=CC=CNN2Cc2cc(F)ccc2F)cc1. The predicted molar refractivity (Wildman–Crippen MR) is 103 cm³/mol. The van der Waals surface area contributed by atoms with Crippen LogP contribution in [0.1, 0.15) is 23.6 Å². The minimum absolute atomic E-state index is 0.00122. The van der Waals surface area contributed by atoms with Crippen LogP contribution in [0.2, 0.25) is 0 Å². The van der Waals surface area contributed by atoms with Crippen molar-refractivity contribution in [3.63, 3.8) is 0 Å². The third-order valence-corrected chi connectivity index (χ3v) is 4.47. The van der Waals surface area contributed by atoms with Crippen molar-refractivity contribution in [3.05, 3.63) is 89.4 Å². The Hall–Kier alpha value is -3.06. The number of allylic oxidation sites excluding steroid dienone is 2. The standard InChI is InChI=1S/C21H23F2N3O2/c1-28-18-7-4-15(5-8-18)20(10-12-27)25-21-3-2-11-24-26(21)14-16-13-17(22)6-9-19(16)23/h2-9,11,13,20,24-25,27H,10,12,14H2,1H3. The van der Waals surface area contributed by atoms with Gasteiger partial charge in [0.25, 0.3) is 0 Å². The summed E-state index contributed by atoms with van der Waals surface area (Å²) in [6.45, 7) is 0.125. The molecule has 1 heterocycles. The normalized spacial score (nSPS) is 14.3. The van der Waals surface area contributed by atoms with Gasteiger partial charge in [-0.3, -0.25) is 5.01 Å². The summed E-state index contributed by atoms with van der Waals surface area (Å²) in [5.41, 5.74) is 4.24. The summed E-state index contributed by atoms with van der Waals surface area (Å²) in [5, 5.41) is 14.5. The average molecular weight is 387 g/mol. The minimum atomic E-state index is -0.487. The molecule has 2 aromatic rings. The molecule has 1 atom stereocenters. The summed E-state index contributed by atoms with van der Waals surface area (Å²) in [5.74, 6) is 0.467. The molecule has 0 aliphatic carbocycles. The molecule has 0 fully saturated rings. The van der Waals surface area contributed by atoms with Crippen LogP contribution in [0.3, 0.4) is 0 Å². The van der Waals surface area contributed by atoms with E-state index in [2.05, 4.69) is 10.7 Å². The molecule has 1 unspecified atom stereocenters. The molecule has 2 aromatic carbocycles. The highest BCUT2D eigenvalue weighted by molar-refractivity contribution is 5.30. The maximum Gasteiger partial charge on any atom is 0.128 e. The van der Waals surface area contributed by atoms with Crippen LogP contribution in [-0.4, -0.2) is 23.8 Å². The van der Waals surface area contributed by atoms with Crippen molar-refractivity contribution in [1.82, 2.24) is 15.8 Å². The zero-order valence-electron chi connectivity index (χ0n) is 15.5. The number of hydrazine groups is 1. The molecule has 0 spiro atoms. The van der Waals surface area contributed by atoms with Crippen LogP contribution < -0.4 is 15.5 Å². The Morgan fingerprint density at radius 1 is 1.18 bits per heavy atom. The fraction of sp³-hybridized carbons (Fsp3) is 0.238. The molecule has 0 bridgehead atoms. The van der Waals surface area contributed by atoms with Crippen LogP contribution in [0, 0.1) is 11.6 Å². The highest BCUT2D eigenvalue weighted by Gasteiger charge is 2.19. The molecule has 0 amide bonds. The predicted octanol–water partition coefficient (Wildman–Crippen LogP) is 3.36. The number of hydrogen-bond donors (Lipinski definition) is 3. The zero-order valence-corrected chi connectivity index (χ0v) is 15.5. The summed E-state index contributed by atoms with van der Waals surface area (Å²) in [6.07, 6.45) is 5.83. The van der Waals surface area contributed by atoms with E-state index in [1.54, 1.807) is 18.3 Å². The van der Waals surface area contributed by atoms with Gasteiger partial charge in [0.05, 0.1) is 19.7 Å². The molecule has 0 saturated carbocycles. The van der Waals surface area contributed by atoms with Crippen molar-refractivity contribution in [1.29, 1.82) is 0 Å². The number of aliphatic hydroxyl groups excluding tert-OH is 1. The van der Waals surface area contributed by atoms with Gasteiger partial charge in [0.2, 0.25) is 0 Å². The Morgan fingerprint density at radius 3 is 2.68 bits per heavy atom. The van der Waals surface area contributed by atoms with Crippen LogP contribution in [0.15, 0.2) is 66.6 Å². The number of rotatable bonds is 8. The van der Waals surface area contributed by atoms with E-state index in [0.717, 1.165) is 23.4 Å². The molecule has 3 N–H and O–H groups in total. The largest absolute Gasteiger partial charge is 0.497 e. The lowest BCUT2D eigenvalue weighted by Crippen LogP contribution is -2.41. The number of methoxy groups -OCH3 is 1. The smallest absolute Gasteiger partial charge is 0.128 e. The average Bonchev–Trinajstić information content (AvgIpc) is 2.72. The zero-order chi connectivity index (χ0) is 19.9. The first-order valence-corrected chi connectivity index (χ1v) is 8.96. The Bertz CT molecular complexity index is 853. The molecule has 7 heteroatoms. The van der Waals surface area contributed by atoms with Crippen molar-refractivity contribution in [2.45, 2.75) is 19.0 Å². The highest BCUT2D eigenvalue weighted by Crippen LogP contribution is 2.23. The van der Waals surface area contributed by atoms with Gasteiger partial charge in [-0.05, 0) is 54.5 Å². The van der Waals surface area contributed by atoms with Crippen LogP contribution in [0.5, 0.6) is 5.75 Å². The Morgan fingerprint density at radius 2 is 1.96 bits per heavy atom. The summed E-state index contributed by atoms with van der Waals surface area (Å²) in [7, 11) is 1.60. The van der Waals surface area contributed by atoms with Crippen molar-refractivity contribution >= 4 is 0 Å². The second-order valence-corrected chi connectivity index (χ2v) is 6.34. The summed E-state index contributed by atoms with van der Waals surface area (Å²) >= 11 is 0. The van der Waals surface area contributed by atoms with E-state index in [1.165, 1.54) is 6.07 Å². The van der Waals surface area contributed by atoms with Crippen LogP contribution in [0.4, 0.5) is 8.78 Å². The first-order chi connectivity index (χ1) is 13.6. The first-order valence-electron chi connectivity index (χ1n) is 8.96. The fourth-order valence-corrected chi connectivity index (χ4v) is 2.99. The van der Waals surface area contributed by atoms with Gasteiger partial charge in [-0.15, -0.1) is 0 Å². The third kappa shape index (κ3) is 4.80. The second-order valence-electron chi connectivity index (χ2n) is 6.34. The molecule has 5 nitrogen and oxygen atoms in total. The molecule has 3 rings (SSSR count). The van der Waals surface area contributed by atoms with Gasteiger partial charge >= 0.3 is 0 Å². The van der Waals surface area contributed by atoms with Gasteiger partial charge in [0.1, 0.15) is 23.2 Å². The Labute approximate surface area is 162 Å². The van der Waals surface area contributed by atoms with Gasteiger partial charge in [-0.2, -0.15) is 0 Å². The molecular weight excluding hydrogens is 364 g/mol. The number of nitrogens with zero attached hydrogens (tertiary/aromatic N) is 1. The van der Waals surface area contributed by atoms with Crippen LogP contribution in [0.25, 0.3) is 0 Å². The molecule has 0 saturated heterocycles. The molecule has 28 heavy (non-hydrogen) atoms. The van der Waals surface area contributed by atoms with Crippen LogP contribution in [-0.2, 0) is 6.54 Å². The fourth-order valence-electron chi connectivity index (χ4n) is 2.99. The number of ether oxygens (including phenoxy) is 1. The van der Waals surface area contributed by atoms with E-state index < -0.39 is 11.6 Å². The van der Waals surface area contributed by atoms with Crippen LogP contribution >= 0.6 is 0 Å². The van der Waals surface area contributed by atoms with Crippen molar-refractivity contribution < 1.29 is 18.6 Å². The molecule has 1 aliphatic heterocycles. The van der Waals surface area contributed by atoms with E-state index in [9.17, 15) is 13.9 Å². The number of halogens is 2. The van der Waals surface area contributed by atoms with Gasteiger partial charge in [-0.1, -0.05) is 12.1 Å². The quantitative estimate of drug-likeness (QED) is 0.649. The Kier molecular flexibility index (Phi) is 6.49. The number of nitrogens with one attached hydrogen (secondary N) is 2. The minimum Gasteiger partial charge on any atom is -0.497 e. The monoisotopic (exact) mass is 387 g/mol. The van der Waals surface area contributed by atoms with Gasteiger partial charge in [0.15, 0.2) is 0 Å². The van der Waals surface area contributed by atoms with Crippen molar-refractivity contribution in [2.75, 3.05) is 13.7 Å². The first kappa shape index (κ1) is 19.7. The lowest BCUT2D eigenvalue weighted by molar-refractivity contribution is 0.225. The number of benzene rings is 2. The molecule has 148 valence electrons. The molecular formula is C21H23F2N3O2. The molecule has 1 aliphatic rings. The summed E-state index contributed by atoms with van der Waals surface area (Å²) in [4.78, 5) is 0. The van der Waals surface area contributed by atoms with Crippen molar-refractivity contribution in [2.24, 2.45) is 0 Å². The lowest BCUT2D eigenvalue weighted by atomic mass is 10.0. The summed E-state index contributed by atoms with van der Waals surface area (Å²) in [6, 6.07) is 10.8. The number of hydrogen-bond acceptors (Lipinski definition) is 5. The third-order valence-electron chi connectivity index (χ3n) is 4.47. The maximum absolute atomic E-state index is 14.0. The lowest BCUT2D eigenvalue weighted by Gasteiger charge is -2.33.